The molecule has 98 valence electrons. The lowest BCUT2D eigenvalue weighted by atomic mass is 10.1. The van der Waals surface area contributed by atoms with Crippen molar-refractivity contribution in [1.29, 1.82) is 0 Å². The van der Waals surface area contributed by atoms with Crippen LogP contribution >= 0.6 is 0 Å². The summed E-state index contributed by atoms with van der Waals surface area (Å²) in [5.74, 6) is 0.988. The molecule has 3 rings (SSSR count). The molecular formula is C15H18N4. The van der Waals surface area contributed by atoms with Crippen molar-refractivity contribution in [2.75, 3.05) is 18.0 Å². The predicted octanol–water partition coefficient (Wildman–Crippen LogP) is 2.07. The summed E-state index contributed by atoms with van der Waals surface area (Å²) >= 11 is 0. The van der Waals surface area contributed by atoms with Crippen molar-refractivity contribution in [2.45, 2.75) is 18.9 Å². The summed E-state index contributed by atoms with van der Waals surface area (Å²) in [7, 11) is 0. The molecule has 0 radical (unpaired) electrons. The number of nitrogens with two attached hydrogens (primary N) is 1. The molecule has 19 heavy (non-hydrogen) atoms. The minimum atomic E-state index is 0.415. The Kier molecular flexibility index (Phi) is 3.42. The number of rotatable bonds is 3. The van der Waals surface area contributed by atoms with Gasteiger partial charge in [-0.2, -0.15) is 0 Å². The van der Waals surface area contributed by atoms with Crippen LogP contribution in [0.5, 0.6) is 0 Å². The molecule has 1 aromatic carbocycles. The van der Waals surface area contributed by atoms with Crippen LogP contribution in [0, 0.1) is 0 Å². The van der Waals surface area contributed by atoms with Gasteiger partial charge in [0.1, 0.15) is 12.1 Å². The highest BCUT2D eigenvalue weighted by Crippen LogP contribution is 2.26. The second-order valence-electron chi connectivity index (χ2n) is 4.85. The van der Waals surface area contributed by atoms with Crippen LogP contribution in [0.2, 0.25) is 0 Å². The first-order valence-electron chi connectivity index (χ1n) is 6.72. The molecule has 0 spiro atoms. The van der Waals surface area contributed by atoms with Gasteiger partial charge in [0.05, 0.1) is 5.69 Å². The smallest absolute Gasteiger partial charge is 0.132 e. The third kappa shape index (κ3) is 2.44. The Hall–Kier alpha value is -1.94. The summed E-state index contributed by atoms with van der Waals surface area (Å²) in [6, 6.07) is 12.7. The molecule has 1 atom stereocenters. The first kappa shape index (κ1) is 12.1. The Morgan fingerprint density at radius 2 is 2.05 bits per heavy atom. The van der Waals surface area contributed by atoms with Gasteiger partial charge in [-0.15, -0.1) is 0 Å². The Morgan fingerprint density at radius 1 is 1.21 bits per heavy atom. The minimum absolute atomic E-state index is 0.415. The van der Waals surface area contributed by atoms with Crippen molar-refractivity contribution >= 4 is 5.82 Å². The SMILES string of the molecule is NCC1CCCN1c1cc(-c2ccccc2)ncn1. The number of anilines is 1. The average Bonchev–Trinajstić information content (AvgIpc) is 2.97. The number of hydrogen-bond acceptors (Lipinski definition) is 4. The van der Waals surface area contributed by atoms with E-state index in [4.69, 9.17) is 5.73 Å². The highest BCUT2D eigenvalue weighted by atomic mass is 15.2. The molecule has 1 fully saturated rings. The summed E-state index contributed by atoms with van der Waals surface area (Å²) in [5.41, 5.74) is 7.91. The molecule has 1 saturated heterocycles. The van der Waals surface area contributed by atoms with E-state index in [-0.39, 0.29) is 0 Å². The lowest BCUT2D eigenvalue weighted by molar-refractivity contribution is 0.671. The van der Waals surface area contributed by atoms with Crippen LogP contribution in [0.1, 0.15) is 12.8 Å². The van der Waals surface area contributed by atoms with E-state index in [9.17, 15) is 0 Å². The predicted molar refractivity (Wildman–Crippen MR) is 76.9 cm³/mol. The van der Waals surface area contributed by atoms with Crippen molar-refractivity contribution in [1.82, 2.24) is 9.97 Å². The fraction of sp³-hybridized carbons (Fsp3) is 0.333. The van der Waals surface area contributed by atoms with Gasteiger partial charge in [0.15, 0.2) is 0 Å². The normalized spacial score (nSPS) is 18.8. The second-order valence-corrected chi connectivity index (χ2v) is 4.85. The van der Waals surface area contributed by atoms with Crippen molar-refractivity contribution < 1.29 is 0 Å². The molecule has 2 aromatic rings. The van der Waals surface area contributed by atoms with E-state index < -0.39 is 0 Å². The summed E-state index contributed by atoms with van der Waals surface area (Å²) in [6.07, 6.45) is 3.98. The zero-order valence-corrected chi connectivity index (χ0v) is 10.9. The Labute approximate surface area is 113 Å². The van der Waals surface area contributed by atoms with Gasteiger partial charge in [0, 0.05) is 30.8 Å². The van der Waals surface area contributed by atoms with Crippen molar-refractivity contribution in [3.8, 4) is 11.3 Å². The van der Waals surface area contributed by atoms with Crippen molar-refractivity contribution in [3.63, 3.8) is 0 Å². The van der Waals surface area contributed by atoms with E-state index in [1.807, 2.05) is 18.2 Å². The Bertz CT molecular complexity index is 541. The van der Waals surface area contributed by atoms with E-state index in [1.54, 1.807) is 6.33 Å². The molecule has 0 amide bonds. The minimum Gasteiger partial charge on any atom is -0.352 e. The van der Waals surface area contributed by atoms with E-state index in [2.05, 4.69) is 33.1 Å². The average molecular weight is 254 g/mol. The molecular weight excluding hydrogens is 236 g/mol. The van der Waals surface area contributed by atoms with E-state index >= 15 is 0 Å². The molecule has 1 aliphatic heterocycles. The first-order valence-corrected chi connectivity index (χ1v) is 6.72. The van der Waals surface area contributed by atoms with Gasteiger partial charge in [-0.3, -0.25) is 0 Å². The molecule has 2 N–H and O–H groups in total. The quantitative estimate of drug-likeness (QED) is 0.911. The topological polar surface area (TPSA) is 55.0 Å². The molecule has 1 aliphatic rings. The number of aromatic nitrogens is 2. The first-order chi connectivity index (χ1) is 9.38. The lowest BCUT2D eigenvalue weighted by Crippen LogP contribution is -2.35. The maximum absolute atomic E-state index is 5.83. The largest absolute Gasteiger partial charge is 0.352 e. The number of nitrogens with zero attached hydrogens (tertiary/aromatic N) is 3. The summed E-state index contributed by atoms with van der Waals surface area (Å²) in [4.78, 5) is 11.1. The zero-order chi connectivity index (χ0) is 13.1. The van der Waals surface area contributed by atoms with Crippen LogP contribution in [0.15, 0.2) is 42.7 Å². The fourth-order valence-electron chi connectivity index (χ4n) is 2.65. The van der Waals surface area contributed by atoms with E-state index in [1.165, 1.54) is 6.42 Å². The number of hydrogen-bond donors (Lipinski definition) is 1. The summed E-state index contributed by atoms with van der Waals surface area (Å²) < 4.78 is 0. The van der Waals surface area contributed by atoms with Gasteiger partial charge < -0.3 is 10.6 Å². The highest BCUT2D eigenvalue weighted by Gasteiger charge is 2.24. The van der Waals surface area contributed by atoms with E-state index in [0.717, 1.165) is 30.0 Å². The van der Waals surface area contributed by atoms with Gasteiger partial charge in [-0.1, -0.05) is 30.3 Å². The second kappa shape index (κ2) is 5.36. The fourth-order valence-corrected chi connectivity index (χ4v) is 2.65. The standard InChI is InChI=1S/C15H18N4/c16-10-13-7-4-8-19(13)15-9-14(17-11-18-15)12-5-2-1-3-6-12/h1-3,5-6,9,11,13H,4,7-8,10,16H2. The summed E-state index contributed by atoms with van der Waals surface area (Å²) in [6.45, 7) is 1.72. The van der Waals surface area contributed by atoms with Gasteiger partial charge in [0.25, 0.3) is 0 Å². The van der Waals surface area contributed by atoms with Crippen LogP contribution in [0.4, 0.5) is 5.82 Å². The van der Waals surface area contributed by atoms with Crippen LogP contribution in [-0.4, -0.2) is 29.1 Å². The van der Waals surface area contributed by atoms with Crippen molar-refractivity contribution in [2.24, 2.45) is 5.73 Å². The molecule has 0 bridgehead atoms. The van der Waals surface area contributed by atoms with Crippen LogP contribution in [-0.2, 0) is 0 Å². The number of benzene rings is 1. The molecule has 1 aromatic heterocycles. The molecule has 0 saturated carbocycles. The highest BCUT2D eigenvalue weighted by molar-refractivity contribution is 5.62. The van der Waals surface area contributed by atoms with E-state index in [0.29, 0.717) is 12.6 Å². The van der Waals surface area contributed by atoms with Gasteiger partial charge in [-0.25, -0.2) is 9.97 Å². The van der Waals surface area contributed by atoms with Crippen LogP contribution < -0.4 is 10.6 Å². The third-order valence-electron chi connectivity index (χ3n) is 3.67. The third-order valence-corrected chi connectivity index (χ3v) is 3.67. The summed E-state index contributed by atoms with van der Waals surface area (Å²) in [5, 5.41) is 0. The van der Waals surface area contributed by atoms with Crippen LogP contribution in [0.25, 0.3) is 11.3 Å². The van der Waals surface area contributed by atoms with Gasteiger partial charge in [-0.05, 0) is 12.8 Å². The maximum atomic E-state index is 5.83. The molecule has 4 nitrogen and oxygen atoms in total. The van der Waals surface area contributed by atoms with Crippen LogP contribution in [0.3, 0.4) is 0 Å². The Morgan fingerprint density at radius 3 is 2.84 bits per heavy atom. The van der Waals surface area contributed by atoms with Crippen molar-refractivity contribution in [3.05, 3.63) is 42.7 Å². The monoisotopic (exact) mass is 254 g/mol. The zero-order valence-electron chi connectivity index (χ0n) is 10.9. The van der Waals surface area contributed by atoms with Gasteiger partial charge in [0.2, 0.25) is 0 Å². The van der Waals surface area contributed by atoms with Gasteiger partial charge >= 0.3 is 0 Å². The lowest BCUT2D eigenvalue weighted by Gasteiger charge is -2.24. The maximum Gasteiger partial charge on any atom is 0.132 e. The molecule has 4 heteroatoms. The molecule has 0 aliphatic carbocycles. The Balaban J connectivity index is 1.92. The molecule has 2 heterocycles. The molecule has 1 unspecified atom stereocenters.